The lowest BCUT2D eigenvalue weighted by molar-refractivity contribution is -0.140. The van der Waals surface area contributed by atoms with E-state index in [9.17, 15) is 9.59 Å². The van der Waals surface area contributed by atoms with Crippen LogP contribution in [0.2, 0.25) is 0 Å². The zero-order valence-electron chi connectivity index (χ0n) is 19.2. The molecule has 29 heavy (non-hydrogen) atoms. The van der Waals surface area contributed by atoms with Gasteiger partial charge in [-0.1, -0.05) is 27.2 Å². The molecule has 0 aromatic heterocycles. The molecule has 1 saturated carbocycles. The molecular formula is C23H38N4O2. The van der Waals surface area contributed by atoms with Gasteiger partial charge in [-0.15, -0.1) is 0 Å². The van der Waals surface area contributed by atoms with Crippen LogP contribution >= 0.6 is 0 Å². The second-order valence-corrected chi connectivity index (χ2v) is 9.63. The molecule has 1 aromatic rings. The lowest BCUT2D eigenvalue weighted by Gasteiger charge is -2.32. The summed E-state index contributed by atoms with van der Waals surface area (Å²) < 4.78 is 0. The SMILES string of the molecule is CN(C)CCN(Cc1cc(NC(=O)C2CCC2)ccc1N(C)C)C(=O)C(C)(C)C. The van der Waals surface area contributed by atoms with Crippen molar-refractivity contribution in [2.45, 2.75) is 46.6 Å². The number of carbonyl (C=O) groups is 2. The summed E-state index contributed by atoms with van der Waals surface area (Å²) in [6, 6.07) is 5.99. The minimum atomic E-state index is -0.444. The molecular weight excluding hydrogens is 364 g/mol. The number of hydrogen-bond acceptors (Lipinski definition) is 4. The molecule has 2 amide bonds. The normalized spacial score (nSPS) is 14.5. The molecule has 6 nitrogen and oxygen atoms in total. The Balaban J connectivity index is 2.27. The second kappa shape index (κ2) is 9.61. The van der Waals surface area contributed by atoms with Crippen molar-refractivity contribution in [1.82, 2.24) is 9.80 Å². The molecule has 1 aliphatic carbocycles. The average Bonchev–Trinajstić information content (AvgIpc) is 2.55. The molecule has 2 rings (SSSR count). The number of nitrogens with zero attached hydrogens (tertiary/aromatic N) is 3. The fourth-order valence-electron chi connectivity index (χ4n) is 3.39. The number of hydrogen-bond donors (Lipinski definition) is 1. The van der Waals surface area contributed by atoms with E-state index < -0.39 is 5.41 Å². The van der Waals surface area contributed by atoms with Gasteiger partial charge < -0.3 is 20.0 Å². The lowest BCUT2D eigenvalue weighted by Crippen LogP contribution is -2.42. The third-order valence-corrected chi connectivity index (χ3v) is 5.41. The number of carbonyl (C=O) groups excluding carboxylic acids is 2. The number of benzene rings is 1. The molecule has 1 fully saturated rings. The summed E-state index contributed by atoms with van der Waals surface area (Å²) in [5.41, 5.74) is 2.46. The maximum atomic E-state index is 13.1. The summed E-state index contributed by atoms with van der Waals surface area (Å²) in [4.78, 5) is 31.5. The third kappa shape index (κ3) is 6.46. The Morgan fingerprint density at radius 1 is 1.07 bits per heavy atom. The van der Waals surface area contributed by atoms with Crippen LogP contribution in [-0.4, -0.2) is 62.9 Å². The molecule has 162 valence electrons. The van der Waals surface area contributed by atoms with Crippen molar-refractivity contribution in [3.05, 3.63) is 23.8 Å². The summed E-state index contributed by atoms with van der Waals surface area (Å²) in [7, 11) is 8.03. The van der Waals surface area contributed by atoms with Crippen LogP contribution in [0.3, 0.4) is 0 Å². The van der Waals surface area contributed by atoms with Crippen LogP contribution in [0.5, 0.6) is 0 Å². The lowest BCUT2D eigenvalue weighted by atomic mass is 9.85. The minimum absolute atomic E-state index is 0.107. The summed E-state index contributed by atoms with van der Waals surface area (Å²) in [6.07, 6.45) is 3.10. The molecule has 0 heterocycles. The first kappa shape index (κ1) is 23.2. The number of rotatable bonds is 8. The van der Waals surface area contributed by atoms with Crippen molar-refractivity contribution in [2.75, 3.05) is 51.5 Å². The van der Waals surface area contributed by atoms with Crippen LogP contribution in [0.25, 0.3) is 0 Å². The number of likely N-dealkylation sites (N-methyl/N-ethyl adjacent to an activating group) is 1. The second-order valence-electron chi connectivity index (χ2n) is 9.63. The molecule has 0 spiro atoms. The van der Waals surface area contributed by atoms with Crippen LogP contribution in [0.15, 0.2) is 18.2 Å². The van der Waals surface area contributed by atoms with Crippen LogP contribution in [0, 0.1) is 11.3 Å². The smallest absolute Gasteiger partial charge is 0.228 e. The van der Waals surface area contributed by atoms with Crippen molar-refractivity contribution in [2.24, 2.45) is 11.3 Å². The van der Waals surface area contributed by atoms with E-state index in [4.69, 9.17) is 0 Å². The first-order chi connectivity index (χ1) is 13.5. The van der Waals surface area contributed by atoms with Crippen molar-refractivity contribution >= 4 is 23.2 Å². The zero-order chi connectivity index (χ0) is 21.8. The molecule has 0 radical (unpaired) electrons. The van der Waals surface area contributed by atoms with Crippen LogP contribution in [0.1, 0.15) is 45.6 Å². The first-order valence-corrected chi connectivity index (χ1v) is 10.5. The van der Waals surface area contributed by atoms with Gasteiger partial charge in [0.1, 0.15) is 0 Å². The first-order valence-electron chi connectivity index (χ1n) is 10.5. The molecule has 0 bridgehead atoms. The van der Waals surface area contributed by atoms with E-state index in [1.54, 1.807) is 0 Å². The molecule has 0 unspecified atom stereocenters. The Kier molecular flexibility index (Phi) is 7.69. The van der Waals surface area contributed by atoms with E-state index in [0.717, 1.165) is 42.7 Å². The standard InChI is InChI=1S/C23H38N4O2/c1-23(2,3)22(29)27(14-13-25(4)5)16-18-15-19(11-12-20(18)26(6)7)24-21(28)17-9-8-10-17/h11-12,15,17H,8-10,13-14,16H2,1-7H3,(H,24,28). The average molecular weight is 403 g/mol. The summed E-state index contributed by atoms with van der Waals surface area (Å²) >= 11 is 0. The van der Waals surface area contributed by atoms with Gasteiger partial charge in [-0.2, -0.15) is 0 Å². The summed E-state index contributed by atoms with van der Waals surface area (Å²) in [5, 5.41) is 3.06. The van der Waals surface area contributed by atoms with Gasteiger partial charge in [0.05, 0.1) is 0 Å². The molecule has 0 atom stereocenters. The van der Waals surface area contributed by atoms with Gasteiger partial charge in [0.15, 0.2) is 0 Å². The number of anilines is 2. The highest BCUT2D eigenvalue weighted by atomic mass is 16.2. The Morgan fingerprint density at radius 3 is 2.21 bits per heavy atom. The summed E-state index contributed by atoms with van der Waals surface area (Å²) in [6.45, 7) is 7.86. The molecule has 0 saturated heterocycles. The van der Waals surface area contributed by atoms with E-state index in [-0.39, 0.29) is 17.7 Å². The van der Waals surface area contributed by atoms with E-state index in [0.29, 0.717) is 13.1 Å². The Bertz CT molecular complexity index is 718. The van der Waals surface area contributed by atoms with Crippen molar-refractivity contribution in [3.63, 3.8) is 0 Å². The topological polar surface area (TPSA) is 55.9 Å². The van der Waals surface area contributed by atoms with Gasteiger partial charge in [0.25, 0.3) is 0 Å². The van der Waals surface area contributed by atoms with E-state index in [2.05, 4.69) is 15.1 Å². The predicted molar refractivity (Wildman–Crippen MR) is 120 cm³/mol. The fraction of sp³-hybridized carbons (Fsp3) is 0.652. The quantitative estimate of drug-likeness (QED) is 0.724. The minimum Gasteiger partial charge on any atom is -0.377 e. The van der Waals surface area contributed by atoms with Gasteiger partial charge in [0.2, 0.25) is 11.8 Å². The van der Waals surface area contributed by atoms with E-state index >= 15 is 0 Å². The largest absolute Gasteiger partial charge is 0.377 e. The highest BCUT2D eigenvalue weighted by Gasteiger charge is 2.28. The van der Waals surface area contributed by atoms with Gasteiger partial charge in [-0.05, 0) is 50.7 Å². The molecule has 1 aromatic carbocycles. The number of nitrogens with one attached hydrogen (secondary N) is 1. The monoisotopic (exact) mass is 402 g/mol. The Hall–Kier alpha value is -2.08. The van der Waals surface area contributed by atoms with Crippen molar-refractivity contribution < 1.29 is 9.59 Å². The van der Waals surface area contributed by atoms with Crippen LogP contribution in [0.4, 0.5) is 11.4 Å². The Labute approximate surface area is 176 Å². The van der Waals surface area contributed by atoms with Crippen molar-refractivity contribution in [1.29, 1.82) is 0 Å². The van der Waals surface area contributed by atoms with Crippen LogP contribution < -0.4 is 10.2 Å². The molecule has 6 heteroatoms. The summed E-state index contributed by atoms with van der Waals surface area (Å²) in [5.74, 6) is 0.383. The van der Waals surface area contributed by atoms with Gasteiger partial charge >= 0.3 is 0 Å². The predicted octanol–water partition coefficient (Wildman–Crippen LogP) is 3.43. The fourth-order valence-corrected chi connectivity index (χ4v) is 3.39. The zero-order valence-corrected chi connectivity index (χ0v) is 19.2. The highest BCUT2D eigenvalue weighted by Crippen LogP contribution is 2.30. The van der Waals surface area contributed by atoms with Gasteiger partial charge in [-0.3, -0.25) is 9.59 Å². The van der Waals surface area contributed by atoms with Crippen molar-refractivity contribution in [3.8, 4) is 0 Å². The Morgan fingerprint density at radius 2 is 1.72 bits per heavy atom. The van der Waals surface area contributed by atoms with E-state index in [1.807, 2.05) is 72.1 Å². The van der Waals surface area contributed by atoms with Gasteiger partial charge in [-0.25, -0.2) is 0 Å². The van der Waals surface area contributed by atoms with Gasteiger partial charge in [0, 0.05) is 56.4 Å². The highest BCUT2D eigenvalue weighted by molar-refractivity contribution is 5.93. The molecule has 0 aliphatic heterocycles. The molecule has 1 N–H and O–H groups in total. The maximum Gasteiger partial charge on any atom is 0.228 e. The van der Waals surface area contributed by atoms with E-state index in [1.165, 1.54) is 0 Å². The number of amides is 2. The third-order valence-electron chi connectivity index (χ3n) is 5.41. The maximum absolute atomic E-state index is 13.1. The molecule has 1 aliphatic rings. The van der Waals surface area contributed by atoms with Crippen LogP contribution in [-0.2, 0) is 16.1 Å².